The van der Waals surface area contributed by atoms with Crippen molar-refractivity contribution in [2.75, 3.05) is 14.2 Å². The third-order valence-corrected chi connectivity index (χ3v) is 6.51. The standard InChI is InChI=1S/C26H24O4/c1-28-21-5-3-4-19(14-21)17-6-9-20(10-7-17)30-22-11-8-18-12-13-26(23(18)15-22)16-24(26)25(27)29-2/h3-11,14-15,24H,12-13,16H2,1-2H3/t24-,26-/m0/s1. The van der Waals surface area contributed by atoms with Crippen LogP contribution in [0.3, 0.4) is 0 Å². The van der Waals surface area contributed by atoms with Crippen LogP contribution in [-0.4, -0.2) is 20.2 Å². The van der Waals surface area contributed by atoms with E-state index in [4.69, 9.17) is 14.2 Å². The van der Waals surface area contributed by atoms with Crippen LogP contribution >= 0.6 is 0 Å². The smallest absolute Gasteiger partial charge is 0.309 e. The molecule has 152 valence electrons. The molecule has 2 aliphatic rings. The summed E-state index contributed by atoms with van der Waals surface area (Å²) in [6.45, 7) is 0. The van der Waals surface area contributed by atoms with Crippen LogP contribution in [0.15, 0.2) is 66.7 Å². The Morgan fingerprint density at radius 3 is 2.47 bits per heavy atom. The zero-order chi connectivity index (χ0) is 20.7. The van der Waals surface area contributed by atoms with Crippen LogP contribution in [0.5, 0.6) is 17.2 Å². The highest BCUT2D eigenvalue weighted by Gasteiger charge is 2.62. The lowest BCUT2D eigenvalue weighted by molar-refractivity contribution is -0.142. The van der Waals surface area contributed by atoms with Gasteiger partial charge in [-0.3, -0.25) is 4.79 Å². The SMILES string of the molecule is COC(=O)[C@@H]1C[C@]12CCc1ccc(Oc3ccc(-c4cccc(OC)c4)cc3)cc12. The fourth-order valence-electron chi connectivity index (χ4n) is 4.78. The number of ether oxygens (including phenoxy) is 3. The van der Waals surface area contributed by atoms with Gasteiger partial charge in [0.1, 0.15) is 17.2 Å². The van der Waals surface area contributed by atoms with E-state index >= 15 is 0 Å². The van der Waals surface area contributed by atoms with E-state index in [0.717, 1.165) is 47.6 Å². The zero-order valence-corrected chi connectivity index (χ0v) is 17.2. The van der Waals surface area contributed by atoms with Gasteiger partial charge in [0.05, 0.1) is 20.1 Å². The number of rotatable bonds is 5. The maximum atomic E-state index is 12.0. The number of hydrogen-bond donors (Lipinski definition) is 0. The average Bonchev–Trinajstić information content (AvgIpc) is 3.43. The van der Waals surface area contributed by atoms with E-state index in [0.29, 0.717) is 0 Å². The van der Waals surface area contributed by atoms with Crippen molar-refractivity contribution < 1.29 is 19.0 Å². The van der Waals surface area contributed by atoms with Gasteiger partial charge in [-0.05, 0) is 77.9 Å². The quantitative estimate of drug-likeness (QED) is 0.528. The van der Waals surface area contributed by atoms with Crippen molar-refractivity contribution in [3.05, 3.63) is 77.9 Å². The first-order chi connectivity index (χ1) is 14.6. The molecule has 3 aromatic carbocycles. The number of fused-ring (bicyclic) bond motifs is 2. The number of carbonyl (C=O) groups excluding carboxylic acids is 1. The predicted octanol–water partition coefficient (Wildman–Crippen LogP) is 5.53. The first-order valence-corrected chi connectivity index (χ1v) is 10.3. The molecule has 0 saturated heterocycles. The second kappa shape index (κ2) is 7.21. The summed E-state index contributed by atoms with van der Waals surface area (Å²) in [7, 11) is 3.14. The third-order valence-electron chi connectivity index (χ3n) is 6.51. The van der Waals surface area contributed by atoms with Gasteiger partial charge in [0.25, 0.3) is 0 Å². The number of esters is 1. The molecule has 2 atom stereocenters. The zero-order valence-electron chi connectivity index (χ0n) is 17.2. The van der Waals surface area contributed by atoms with E-state index in [1.54, 1.807) is 7.11 Å². The van der Waals surface area contributed by atoms with Gasteiger partial charge in [-0.1, -0.05) is 30.3 Å². The highest BCUT2D eigenvalue weighted by molar-refractivity contribution is 5.80. The molecule has 4 heteroatoms. The molecule has 1 saturated carbocycles. The molecule has 0 aromatic heterocycles. The molecule has 3 aromatic rings. The van der Waals surface area contributed by atoms with E-state index in [-0.39, 0.29) is 17.3 Å². The van der Waals surface area contributed by atoms with Crippen molar-refractivity contribution in [3.8, 4) is 28.4 Å². The van der Waals surface area contributed by atoms with Crippen LogP contribution in [0.1, 0.15) is 24.0 Å². The van der Waals surface area contributed by atoms with E-state index in [1.807, 2.05) is 48.5 Å². The minimum absolute atomic E-state index is 0.0128. The Balaban J connectivity index is 1.35. The average molecular weight is 400 g/mol. The van der Waals surface area contributed by atoms with Crippen LogP contribution in [-0.2, 0) is 21.4 Å². The fraction of sp³-hybridized carbons (Fsp3) is 0.269. The molecule has 0 N–H and O–H groups in total. The van der Waals surface area contributed by atoms with Crippen molar-refractivity contribution >= 4 is 5.97 Å². The molecule has 1 spiro atoms. The molecule has 5 rings (SSSR count). The van der Waals surface area contributed by atoms with E-state index in [9.17, 15) is 4.79 Å². The van der Waals surface area contributed by atoms with Crippen molar-refractivity contribution in [1.29, 1.82) is 0 Å². The fourth-order valence-corrected chi connectivity index (χ4v) is 4.78. The third kappa shape index (κ3) is 3.13. The molecular formula is C26H24O4. The monoisotopic (exact) mass is 400 g/mol. The Hall–Kier alpha value is -3.27. The Morgan fingerprint density at radius 1 is 0.900 bits per heavy atom. The highest BCUT2D eigenvalue weighted by Crippen LogP contribution is 2.62. The minimum atomic E-state index is -0.0951. The predicted molar refractivity (Wildman–Crippen MR) is 115 cm³/mol. The molecule has 0 unspecified atom stereocenters. The van der Waals surface area contributed by atoms with Crippen molar-refractivity contribution in [2.24, 2.45) is 5.92 Å². The molecular weight excluding hydrogens is 376 g/mol. The Labute approximate surface area is 176 Å². The lowest BCUT2D eigenvalue weighted by Crippen LogP contribution is -2.13. The molecule has 4 nitrogen and oxygen atoms in total. The number of benzene rings is 3. The first-order valence-electron chi connectivity index (χ1n) is 10.3. The van der Waals surface area contributed by atoms with Crippen LogP contribution in [0.25, 0.3) is 11.1 Å². The van der Waals surface area contributed by atoms with Crippen LogP contribution in [0, 0.1) is 5.92 Å². The van der Waals surface area contributed by atoms with Crippen molar-refractivity contribution in [1.82, 2.24) is 0 Å². The van der Waals surface area contributed by atoms with Crippen LogP contribution in [0.2, 0.25) is 0 Å². The van der Waals surface area contributed by atoms with Gasteiger partial charge in [-0.25, -0.2) is 0 Å². The number of hydrogen-bond acceptors (Lipinski definition) is 4. The topological polar surface area (TPSA) is 44.8 Å². The second-order valence-electron chi connectivity index (χ2n) is 8.11. The maximum absolute atomic E-state index is 12.0. The first kappa shape index (κ1) is 18.7. The van der Waals surface area contributed by atoms with Gasteiger partial charge in [0.15, 0.2) is 0 Å². The highest BCUT2D eigenvalue weighted by atomic mass is 16.5. The Kier molecular flexibility index (Phi) is 4.50. The number of methoxy groups -OCH3 is 2. The number of aryl methyl sites for hydroxylation is 1. The molecule has 0 bridgehead atoms. The molecule has 30 heavy (non-hydrogen) atoms. The van der Waals surface area contributed by atoms with Gasteiger partial charge >= 0.3 is 5.97 Å². The van der Waals surface area contributed by atoms with Gasteiger partial charge in [0.2, 0.25) is 0 Å². The van der Waals surface area contributed by atoms with Crippen molar-refractivity contribution in [3.63, 3.8) is 0 Å². The summed E-state index contributed by atoms with van der Waals surface area (Å²) in [6.07, 6.45) is 2.91. The normalized spacial score (nSPS) is 21.2. The lowest BCUT2D eigenvalue weighted by Gasteiger charge is -2.13. The van der Waals surface area contributed by atoms with Crippen LogP contribution in [0.4, 0.5) is 0 Å². The molecule has 0 radical (unpaired) electrons. The van der Waals surface area contributed by atoms with E-state index < -0.39 is 0 Å². The largest absolute Gasteiger partial charge is 0.497 e. The van der Waals surface area contributed by atoms with Gasteiger partial charge in [-0.2, -0.15) is 0 Å². The Bertz CT molecular complexity index is 1100. The summed E-state index contributed by atoms with van der Waals surface area (Å²) in [5.74, 6) is 2.32. The summed E-state index contributed by atoms with van der Waals surface area (Å²) in [4.78, 5) is 12.0. The van der Waals surface area contributed by atoms with Gasteiger partial charge in [0, 0.05) is 5.41 Å². The Morgan fingerprint density at radius 2 is 1.70 bits per heavy atom. The van der Waals surface area contributed by atoms with Crippen LogP contribution < -0.4 is 9.47 Å². The molecule has 0 aliphatic heterocycles. The van der Waals surface area contributed by atoms with Gasteiger partial charge in [-0.15, -0.1) is 0 Å². The lowest BCUT2D eigenvalue weighted by atomic mass is 9.95. The molecule has 0 heterocycles. The van der Waals surface area contributed by atoms with Gasteiger partial charge < -0.3 is 14.2 Å². The summed E-state index contributed by atoms with van der Waals surface area (Å²) in [5.41, 5.74) is 4.74. The maximum Gasteiger partial charge on any atom is 0.309 e. The number of carbonyl (C=O) groups is 1. The summed E-state index contributed by atoms with van der Waals surface area (Å²) < 4.78 is 16.4. The summed E-state index contributed by atoms with van der Waals surface area (Å²) in [5, 5.41) is 0. The van der Waals surface area contributed by atoms with E-state index in [2.05, 4.69) is 18.2 Å². The molecule has 0 amide bonds. The minimum Gasteiger partial charge on any atom is -0.497 e. The molecule has 2 aliphatic carbocycles. The van der Waals surface area contributed by atoms with Crippen molar-refractivity contribution in [2.45, 2.75) is 24.7 Å². The summed E-state index contributed by atoms with van der Waals surface area (Å²) >= 11 is 0. The second-order valence-corrected chi connectivity index (χ2v) is 8.11. The molecule has 1 fully saturated rings. The summed E-state index contributed by atoms with van der Waals surface area (Å²) in [6, 6.07) is 22.3. The van der Waals surface area contributed by atoms with E-state index in [1.165, 1.54) is 18.2 Å².